The largest absolute Gasteiger partial charge is 0.390 e. The number of piperidine rings is 1. The highest BCUT2D eigenvalue weighted by Gasteiger charge is 2.28. The van der Waals surface area contributed by atoms with Gasteiger partial charge in [-0.1, -0.05) is 0 Å². The first kappa shape index (κ1) is 13.6. The maximum atomic E-state index is 9.97. The predicted molar refractivity (Wildman–Crippen MR) is 79.2 cm³/mol. The number of aromatic nitrogens is 2. The van der Waals surface area contributed by atoms with Gasteiger partial charge < -0.3 is 20.2 Å². The second-order valence-electron chi connectivity index (χ2n) is 5.96. The van der Waals surface area contributed by atoms with E-state index in [2.05, 4.69) is 25.1 Å². The summed E-state index contributed by atoms with van der Waals surface area (Å²) < 4.78 is 0. The van der Waals surface area contributed by atoms with Crippen LogP contribution < -0.4 is 15.1 Å². The van der Waals surface area contributed by atoms with E-state index in [1.165, 1.54) is 0 Å². The lowest BCUT2D eigenvalue weighted by molar-refractivity contribution is 0.0349. The molecule has 0 aliphatic carbocycles. The first-order chi connectivity index (χ1) is 9.64. The van der Waals surface area contributed by atoms with Crippen LogP contribution in [0.4, 0.5) is 11.6 Å². The van der Waals surface area contributed by atoms with Gasteiger partial charge in [-0.15, -0.1) is 0 Å². The summed E-state index contributed by atoms with van der Waals surface area (Å²) in [5, 5.41) is 13.3. The number of aliphatic hydroxyl groups is 1. The Balaban J connectivity index is 1.64. The molecule has 2 saturated heterocycles. The van der Waals surface area contributed by atoms with E-state index in [4.69, 9.17) is 0 Å². The second-order valence-corrected chi connectivity index (χ2v) is 5.96. The lowest BCUT2D eigenvalue weighted by Crippen LogP contribution is -2.44. The molecular weight excluding hydrogens is 254 g/mol. The molecule has 0 atom stereocenters. The molecule has 3 rings (SSSR count). The van der Waals surface area contributed by atoms with Crippen LogP contribution in [0.2, 0.25) is 0 Å². The average molecular weight is 277 g/mol. The summed E-state index contributed by atoms with van der Waals surface area (Å²) in [7, 11) is 0. The van der Waals surface area contributed by atoms with Crippen LogP contribution in [0.15, 0.2) is 12.4 Å². The highest BCUT2D eigenvalue weighted by molar-refractivity contribution is 5.45. The van der Waals surface area contributed by atoms with E-state index in [1.54, 1.807) is 0 Å². The van der Waals surface area contributed by atoms with E-state index < -0.39 is 5.60 Å². The summed E-state index contributed by atoms with van der Waals surface area (Å²) in [6, 6.07) is 0. The number of piperazine rings is 1. The van der Waals surface area contributed by atoms with Crippen molar-refractivity contribution in [3.8, 4) is 0 Å². The minimum absolute atomic E-state index is 0.531. The molecule has 0 radical (unpaired) electrons. The Hall–Kier alpha value is -1.40. The summed E-state index contributed by atoms with van der Waals surface area (Å²) in [6.45, 7) is 7.59. The van der Waals surface area contributed by atoms with Crippen LogP contribution >= 0.6 is 0 Å². The third-order valence-corrected chi connectivity index (χ3v) is 4.23. The van der Waals surface area contributed by atoms with Crippen molar-refractivity contribution in [2.24, 2.45) is 0 Å². The summed E-state index contributed by atoms with van der Waals surface area (Å²) in [4.78, 5) is 13.5. The summed E-state index contributed by atoms with van der Waals surface area (Å²) in [6.07, 6.45) is 5.38. The Kier molecular flexibility index (Phi) is 3.76. The normalized spacial score (nSPS) is 22.9. The highest BCUT2D eigenvalue weighted by Crippen LogP contribution is 2.24. The summed E-state index contributed by atoms with van der Waals surface area (Å²) >= 11 is 0. The monoisotopic (exact) mass is 277 g/mol. The SMILES string of the molecule is CC1(O)CCN(c2ncc(N3CCNCC3)cn2)CC1. The minimum atomic E-state index is -0.531. The van der Waals surface area contributed by atoms with Gasteiger partial charge in [0.15, 0.2) is 0 Å². The van der Waals surface area contributed by atoms with Crippen LogP contribution in [-0.4, -0.2) is 59.9 Å². The lowest BCUT2D eigenvalue weighted by atomic mass is 9.94. The van der Waals surface area contributed by atoms with Crippen LogP contribution in [-0.2, 0) is 0 Å². The quantitative estimate of drug-likeness (QED) is 0.807. The van der Waals surface area contributed by atoms with Crippen LogP contribution in [0.1, 0.15) is 19.8 Å². The molecule has 0 aromatic carbocycles. The van der Waals surface area contributed by atoms with Crippen LogP contribution in [0.3, 0.4) is 0 Å². The van der Waals surface area contributed by atoms with E-state index in [0.717, 1.165) is 63.7 Å². The van der Waals surface area contributed by atoms with Crippen LogP contribution in [0, 0.1) is 0 Å². The van der Waals surface area contributed by atoms with Crippen molar-refractivity contribution in [2.45, 2.75) is 25.4 Å². The molecule has 2 aliphatic rings. The molecule has 2 aliphatic heterocycles. The van der Waals surface area contributed by atoms with Gasteiger partial charge in [0.25, 0.3) is 0 Å². The van der Waals surface area contributed by atoms with Gasteiger partial charge in [-0.2, -0.15) is 0 Å². The topological polar surface area (TPSA) is 64.5 Å². The Morgan fingerprint density at radius 2 is 1.65 bits per heavy atom. The number of nitrogens with one attached hydrogen (secondary N) is 1. The molecule has 0 amide bonds. The number of hydrogen-bond acceptors (Lipinski definition) is 6. The molecule has 6 nitrogen and oxygen atoms in total. The van der Waals surface area contributed by atoms with Crippen molar-refractivity contribution in [1.82, 2.24) is 15.3 Å². The molecule has 1 aromatic heterocycles. The van der Waals surface area contributed by atoms with Gasteiger partial charge in [0.05, 0.1) is 23.7 Å². The smallest absolute Gasteiger partial charge is 0.225 e. The molecule has 0 unspecified atom stereocenters. The molecule has 0 spiro atoms. The average Bonchev–Trinajstić information content (AvgIpc) is 2.48. The fourth-order valence-electron chi connectivity index (χ4n) is 2.75. The van der Waals surface area contributed by atoms with Crippen molar-refractivity contribution >= 4 is 11.6 Å². The fourth-order valence-corrected chi connectivity index (χ4v) is 2.75. The first-order valence-corrected chi connectivity index (χ1v) is 7.39. The molecule has 2 fully saturated rings. The van der Waals surface area contributed by atoms with Crippen LogP contribution in [0.5, 0.6) is 0 Å². The van der Waals surface area contributed by atoms with Crippen molar-refractivity contribution in [1.29, 1.82) is 0 Å². The van der Waals surface area contributed by atoms with E-state index in [-0.39, 0.29) is 0 Å². The standard InChI is InChI=1S/C14H23N5O/c1-14(20)2-6-19(7-3-14)13-16-10-12(11-17-13)18-8-4-15-5-9-18/h10-11,15,20H,2-9H2,1H3. The number of rotatable bonds is 2. The Bertz CT molecular complexity index is 431. The zero-order valence-corrected chi connectivity index (χ0v) is 12.0. The van der Waals surface area contributed by atoms with E-state index in [9.17, 15) is 5.11 Å². The number of hydrogen-bond donors (Lipinski definition) is 2. The third kappa shape index (κ3) is 3.02. The summed E-state index contributed by atoms with van der Waals surface area (Å²) in [5.74, 6) is 0.777. The van der Waals surface area contributed by atoms with Crippen LogP contribution in [0.25, 0.3) is 0 Å². The molecule has 2 N–H and O–H groups in total. The predicted octanol–water partition coefficient (Wildman–Crippen LogP) is 0.237. The molecule has 1 aromatic rings. The van der Waals surface area contributed by atoms with Gasteiger partial charge in [0.1, 0.15) is 0 Å². The zero-order chi connectivity index (χ0) is 14.0. The second kappa shape index (κ2) is 5.54. The molecular formula is C14H23N5O. The van der Waals surface area contributed by atoms with Crippen molar-refractivity contribution < 1.29 is 5.11 Å². The minimum Gasteiger partial charge on any atom is -0.390 e. The van der Waals surface area contributed by atoms with Gasteiger partial charge in [0.2, 0.25) is 5.95 Å². The molecule has 0 saturated carbocycles. The number of anilines is 2. The van der Waals surface area contributed by atoms with E-state index >= 15 is 0 Å². The molecule has 20 heavy (non-hydrogen) atoms. The van der Waals surface area contributed by atoms with Crippen molar-refractivity contribution in [2.75, 3.05) is 49.1 Å². The Morgan fingerprint density at radius 1 is 1.05 bits per heavy atom. The zero-order valence-electron chi connectivity index (χ0n) is 12.0. The molecule has 3 heterocycles. The van der Waals surface area contributed by atoms with Gasteiger partial charge in [-0.25, -0.2) is 9.97 Å². The Labute approximate surface area is 119 Å². The van der Waals surface area contributed by atoms with E-state index in [0.29, 0.717) is 0 Å². The number of nitrogens with zero attached hydrogens (tertiary/aromatic N) is 4. The molecule has 110 valence electrons. The highest BCUT2D eigenvalue weighted by atomic mass is 16.3. The van der Waals surface area contributed by atoms with Gasteiger partial charge in [-0.05, 0) is 19.8 Å². The van der Waals surface area contributed by atoms with Gasteiger partial charge in [-0.3, -0.25) is 0 Å². The maximum Gasteiger partial charge on any atom is 0.225 e. The lowest BCUT2D eigenvalue weighted by Gasteiger charge is -2.36. The van der Waals surface area contributed by atoms with Crippen molar-refractivity contribution in [3.05, 3.63) is 12.4 Å². The Morgan fingerprint density at radius 3 is 2.25 bits per heavy atom. The van der Waals surface area contributed by atoms with Gasteiger partial charge >= 0.3 is 0 Å². The summed E-state index contributed by atoms with van der Waals surface area (Å²) in [5.41, 5.74) is 0.566. The van der Waals surface area contributed by atoms with Gasteiger partial charge in [0, 0.05) is 39.3 Å². The fraction of sp³-hybridized carbons (Fsp3) is 0.714. The molecule has 6 heteroatoms. The van der Waals surface area contributed by atoms with Crippen molar-refractivity contribution in [3.63, 3.8) is 0 Å². The van der Waals surface area contributed by atoms with E-state index in [1.807, 2.05) is 19.3 Å². The maximum absolute atomic E-state index is 9.97. The first-order valence-electron chi connectivity index (χ1n) is 7.39. The third-order valence-electron chi connectivity index (χ3n) is 4.23. The molecule has 0 bridgehead atoms.